The number of amides is 1. The Morgan fingerprint density at radius 1 is 1.86 bits per heavy atom. The van der Waals surface area contributed by atoms with E-state index in [-0.39, 0.29) is 0 Å². The molecule has 0 saturated heterocycles. The number of hydrogen-bond donors (Lipinski definition) is 1. The molecule has 0 aromatic rings. The van der Waals surface area contributed by atoms with E-state index in [1.165, 1.54) is 0 Å². The van der Waals surface area contributed by atoms with E-state index in [9.17, 15) is 4.79 Å². The summed E-state index contributed by atoms with van der Waals surface area (Å²) in [5, 5.41) is 0. The van der Waals surface area contributed by atoms with Gasteiger partial charge in [0.15, 0.2) is 0 Å². The zero-order chi connectivity index (χ0) is 11.1. The van der Waals surface area contributed by atoms with E-state index in [0.717, 1.165) is 6.92 Å². The first kappa shape index (κ1) is 1.47. The van der Waals surface area contributed by atoms with Crippen LogP contribution in [0.2, 0.25) is 0 Å². The Morgan fingerprint density at radius 2 is 2.29 bits per heavy atom. The summed E-state index contributed by atoms with van der Waals surface area (Å²) in [6, 6.07) is 0. The van der Waals surface area contributed by atoms with Gasteiger partial charge in [0, 0.05) is 13.6 Å². The molecule has 2 nitrogen and oxygen atoms in total. The summed E-state index contributed by atoms with van der Waals surface area (Å²) in [7, 11) is 0. The number of hydrogen-bond acceptors (Lipinski definition) is 1. The summed E-state index contributed by atoms with van der Waals surface area (Å²) >= 11 is 0. The first-order valence-corrected chi connectivity index (χ1v) is 1.74. The van der Waals surface area contributed by atoms with Crippen molar-refractivity contribution in [3.63, 3.8) is 0 Å². The molecule has 0 saturated carbocycles. The minimum Gasteiger partial charge on any atom is -0.369 e. The van der Waals surface area contributed by atoms with Crippen molar-refractivity contribution in [2.45, 2.75) is 20.6 Å². The largest absolute Gasteiger partial charge is 0.369 e. The maximum atomic E-state index is 10.8. The third kappa shape index (κ3) is 2.20. The van der Waals surface area contributed by atoms with E-state index >= 15 is 0 Å². The van der Waals surface area contributed by atoms with Crippen molar-refractivity contribution in [2.75, 3.05) is 0 Å². The minimum atomic E-state index is -2.93. The average Bonchev–Trinajstić information content (AvgIpc) is 1.80. The lowest BCUT2D eigenvalue weighted by Gasteiger charge is -2.10. The first-order valence-electron chi connectivity index (χ1n) is 4.74. The van der Waals surface area contributed by atoms with Crippen molar-refractivity contribution in [2.24, 2.45) is 11.1 Å². The Bertz CT molecular complexity index is 202. The Morgan fingerprint density at radius 3 is 2.29 bits per heavy atom. The maximum Gasteiger partial charge on any atom is 0.222 e. The molecule has 7 heavy (non-hydrogen) atoms. The van der Waals surface area contributed by atoms with Crippen LogP contribution in [-0.2, 0) is 4.79 Å². The van der Waals surface area contributed by atoms with Crippen molar-refractivity contribution in [1.29, 1.82) is 0 Å². The molecule has 0 rings (SSSR count). The fourth-order valence-corrected chi connectivity index (χ4v) is 0. The van der Waals surface area contributed by atoms with Crippen LogP contribution in [0.25, 0.3) is 0 Å². The molecule has 2 N–H and O–H groups in total. The zero-order valence-electron chi connectivity index (χ0n) is 9.99. The molecular weight excluding hydrogens is 90.1 g/mol. The molecule has 0 spiro atoms. The third-order valence-electron chi connectivity index (χ3n) is 0.493. The summed E-state index contributed by atoms with van der Waals surface area (Å²) < 4.78 is 41.7. The molecule has 0 bridgehead atoms. The van der Waals surface area contributed by atoms with Gasteiger partial charge in [-0.1, -0.05) is 20.6 Å². The highest BCUT2D eigenvalue weighted by Gasteiger charge is 2.16. The van der Waals surface area contributed by atoms with Crippen molar-refractivity contribution in [1.82, 2.24) is 0 Å². The summed E-state index contributed by atoms with van der Waals surface area (Å²) in [4.78, 5) is 10.8. The van der Waals surface area contributed by atoms with Crippen molar-refractivity contribution < 1.29 is 13.0 Å². The molecule has 0 atom stereocenters. The summed E-state index contributed by atoms with van der Waals surface area (Å²) in [5.74, 6) is -1.34. The van der Waals surface area contributed by atoms with Gasteiger partial charge < -0.3 is 5.73 Å². The van der Waals surface area contributed by atoms with Gasteiger partial charge in [-0.25, -0.2) is 0 Å². The monoisotopic (exact) mass is 107 g/mol. The predicted octanol–water partition coefficient (Wildman–Crippen LogP) is 0.518. The number of carbonyl (C=O) groups excluding carboxylic acids is 1. The molecule has 0 aliphatic carbocycles. The van der Waals surface area contributed by atoms with E-state index in [0.29, 0.717) is 0 Å². The molecule has 0 aromatic heterocycles. The van der Waals surface area contributed by atoms with Gasteiger partial charge in [0.05, 0.1) is 0 Å². The number of rotatable bonds is 0. The highest BCUT2D eigenvalue weighted by atomic mass is 16.1. The highest BCUT2D eigenvalue weighted by Crippen LogP contribution is 2.09. The summed E-state index contributed by atoms with van der Waals surface area (Å²) in [6.45, 7) is -5.02. The molecular formula is C5H11NO. The summed E-state index contributed by atoms with van der Waals surface area (Å²) in [6.07, 6.45) is 0. The molecule has 0 aliphatic rings. The van der Waals surface area contributed by atoms with Gasteiger partial charge in [0.25, 0.3) is 0 Å². The van der Waals surface area contributed by atoms with Crippen LogP contribution in [0, 0.1) is 5.41 Å². The van der Waals surface area contributed by atoms with Gasteiger partial charge in [-0.15, -0.1) is 0 Å². The fourth-order valence-electron chi connectivity index (χ4n) is 0. The van der Waals surface area contributed by atoms with E-state index < -0.39 is 25.0 Å². The predicted molar refractivity (Wildman–Crippen MR) is 28.6 cm³/mol. The Kier molecular flexibility index (Phi) is 0.320. The van der Waals surface area contributed by atoms with Gasteiger partial charge in [-0.05, 0) is 0 Å². The smallest absolute Gasteiger partial charge is 0.222 e. The van der Waals surface area contributed by atoms with E-state index in [4.69, 9.17) is 14.0 Å². The Balaban J connectivity index is 5.35. The standard InChI is InChI=1S/C5H11NO/c1-5(2,3)4(6)7/h1-3H3,(H2,6,7)/i1D3,2D3. The van der Waals surface area contributed by atoms with Crippen LogP contribution in [0.15, 0.2) is 0 Å². The molecule has 0 fully saturated rings. The molecule has 0 aliphatic heterocycles. The Hall–Kier alpha value is -0.530. The van der Waals surface area contributed by atoms with Crippen molar-refractivity contribution in [3.8, 4) is 0 Å². The SMILES string of the molecule is [2H]C([2H])([2H])C(C)(C(N)=O)C([2H])([2H])[2H]. The minimum absolute atomic E-state index is 0.829. The number of carbonyl (C=O) groups is 1. The Labute approximate surface area is 52.1 Å². The van der Waals surface area contributed by atoms with Crippen LogP contribution in [-0.4, -0.2) is 5.91 Å². The second-order valence-corrected chi connectivity index (χ2v) is 1.49. The quantitative estimate of drug-likeness (QED) is 0.481. The van der Waals surface area contributed by atoms with E-state index in [1.807, 2.05) is 0 Å². The molecule has 0 unspecified atom stereocenters. The molecule has 0 heterocycles. The topological polar surface area (TPSA) is 43.1 Å². The van der Waals surface area contributed by atoms with Crippen LogP contribution in [0.4, 0.5) is 0 Å². The van der Waals surface area contributed by atoms with Crippen molar-refractivity contribution in [3.05, 3.63) is 0 Å². The van der Waals surface area contributed by atoms with Gasteiger partial charge in [-0.3, -0.25) is 4.79 Å². The first-order chi connectivity index (χ1) is 5.44. The number of primary amides is 1. The molecule has 0 aromatic carbocycles. The van der Waals surface area contributed by atoms with Crippen LogP contribution in [0.3, 0.4) is 0 Å². The number of nitrogens with two attached hydrogens (primary N) is 1. The van der Waals surface area contributed by atoms with Gasteiger partial charge >= 0.3 is 0 Å². The van der Waals surface area contributed by atoms with Crippen LogP contribution < -0.4 is 5.73 Å². The van der Waals surface area contributed by atoms with Crippen LogP contribution in [0.1, 0.15) is 28.9 Å². The fraction of sp³-hybridized carbons (Fsp3) is 0.800. The molecule has 2 heteroatoms. The second-order valence-electron chi connectivity index (χ2n) is 1.49. The lowest BCUT2D eigenvalue weighted by molar-refractivity contribution is -0.125. The van der Waals surface area contributed by atoms with E-state index in [2.05, 4.69) is 0 Å². The van der Waals surface area contributed by atoms with Gasteiger partial charge in [0.2, 0.25) is 5.91 Å². The second kappa shape index (κ2) is 1.52. The zero-order valence-corrected chi connectivity index (χ0v) is 3.99. The third-order valence-corrected chi connectivity index (χ3v) is 0.493. The van der Waals surface area contributed by atoms with Crippen molar-refractivity contribution >= 4 is 5.91 Å². The molecule has 1 amide bonds. The lowest BCUT2D eigenvalue weighted by Crippen LogP contribution is -2.27. The van der Waals surface area contributed by atoms with Gasteiger partial charge in [-0.2, -0.15) is 0 Å². The maximum absolute atomic E-state index is 10.8. The summed E-state index contributed by atoms with van der Waals surface area (Å²) in [5.41, 5.74) is 2.30. The van der Waals surface area contributed by atoms with Crippen LogP contribution >= 0.6 is 0 Å². The normalized spacial score (nSPS) is 27.6. The lowest BCUT2D eigenvalue weighted by atomic mass is 9.96. The average molecular weight is 107 g/mol. The van der Waals surface area contributed by atoms with E-state index in [1.54, 1.807) is 0 Å². The highest BCUT2D eigenvalue weighted by molar-refractivity contribution is 5.79. The molecule has 0 radical (unpaired) electrons. The van der Waals surface area contributed by atoms with Gasteiger partial charge in [0.1, 0.15) is 0 Å². The van der Waals surface area contributed by atoms with Crippen LogP contribution in [0.5, 0.6) is 0 Å². The molecule has 42 valence electrons.